The van der Waals surface area contributed by atoms with E-state index in [0.29, 0.717) is 5.91 Å². The Morgan fingerprint density at radius 1 is 1.15 bits per heavy atom. The van der Waals surface area contributed by atoms with Crippen LogP contribution in [0.2, 0.25) is 0 Å². The molecule has 2 fully saturated rings. The van der Waals surface area contributed by atoms with Crippen molar-refractivity contribution in [2.75, 3.05) is 18.8 Å². The largest absolute Gasteiger partial charge is 0.342 e. The van der Waals surface area contributed by atoms with Crippen LogP contribution in [0.5, 0.6) is 0 Å². The van der Waals surface area contributed by atoms with Gasteiger partial charge in [0.2, 0.25) is 5.91 Å². The minimum Gasteiger partial charge on any atom is -0.342 e. The molecule has 1 aromatic carbocycles. The first-order chi connectivity index (χ1) is 9.83. The van der Waals surface area contributed by atoms with Crippen LogP contribution in [0, 0.1) is 5.92 Å². The Hall–Kier alpha value is -0.960. The summed E-state index contributed by atoms with van der Waals surface area (Å²) in [6.07, 6.45) is 5.80. The maximum absolute atomic E-state index is 12.4. The first-order valence-corrected chi connectivity index (χ1v) is 8.82. The maximum atomic E-state index is 12.4. The predicted molar refractivity (Wildman–Crippen MR) is 84.9 cm³/mol. The Morgan fingerprint density at radius 3 is 2.55 bits per heavy atom. The van der Waals surface area contributed by atoms with E-state index in [0.717, 1.165) is 38.3 Å². The van der Waals surface area contributed by atoms with Crippen molar-refractivity contribution in [3.8, 4) is 0 Å². The third kappa shape index (κ3) is 3.38. The first-order valence-electron chi connectivity index (χ1n) is 7.77. The average Bonchev–Trinajstić information content (AvgIpc) is 3.03. The monoisotopic (exact) mass is 289 g/mol. The Morgan fingerprint density at radius 2 is 1.90 bits per heavy atom. The molecule has 20 heavy (non-hydrogen) atoms. The minimum absolute atomic E-state index is 0.265. The summed E-state index contributed by atoms with van der Waals surface area (Å²) in [5.74, 6) is 2.32. The van der Waals surface area contributed by atoms with Gasteiger partial charge >= 0.3 is 0 Å². The van der Waals surface area contributed by atoms with Crippen molar-refractivity contribution in [3.63, 3.8) is 0 Å². The molecule has 2 aliphatic heterocycles. The van der Waals surface area contributed by atoms with Gasteiger partial charge < -0.3 is 4.90 Å². The number of carbonyl (C=O) groups excluding carboxylic acids is 1. The molecule has 1 atom stereocenters. The summed E-state index contributed by atoms with van der Waals surface area (Å²) < 4.78 is 0. The molecular weight excluding hydrogens is 266 g/mol. The van der Waals surface area contributed by atoms with E-state index in [4.69, 9.17) is 0 Å². The fourth-order valence-electron chi connectivity index (χ4n) is 3.28. The fraction of sp³-hybridized carbons (Fsp3) is 0.588. The van der Waals surface area contributed by atoms with Crippen molar-refractivity contribution >= 4 is 17.7 Å². The molecule has 1 aromatic rings. The molecule has 1 unspecified atom stereocenters. The van der Waals surface area contributed by atoms with Crippen LogP contribution in [0.4, 0.5) is 0 Å². The zero-order valence-electron chi connectivity index (χ0n) is 12.0. The number of carbonyl (C=O) groups is 1. The van der Waals surface area contributed by atoms with E-state index in [2.05, 4.69) is 35.2 Å². The van der Waals surface area contributed by atoms with Crippen molar-refractivity contribution in [3.05, 3.63) is 35.9 Å². The SMILES string of the molecule is O=C(C1CCCS1)N1CCC(Cc2ccccc2)CC1. The van der Waals surface area contributed by atoms with Gasteiger partial charge in [0.15, 0.2) is 0 Å². The first kappa shape index (κ1) is 14.0. The second kappa shape index (κ2) is 6.66. The van der Waals surface area contributed by atoms with E-state index in [1.54, 1.807) is 0 Å². The molecule has 0 saturated carbocycles. The van der Waals surface area contributed by atoms with E-state index >= 15 is 0 Å². The van der Waals surface area contributed by atoms with Gasteiger partial charge in [-0.3, -0.25) is 4.79 Å². The third-order valence-corrected chi connectivity index (χ3v) is 5.86. The quantitative estimate of drug-likeness (QED) is 0.850. The molecule has 0 aliphatic carbocycles. The lowest BCUT2D eigenvalue weighted by Gasteiger charge is -2.33. The van der Waals surface area contributed by atoms with Gasteiger partial charge in [-0.05, 0) is 49.3 Å². The van der Waals surface area contributed by atoms with Crippen LogP contribution in [-0.4, -0.2) is 34.9 Å². The Bertz CT molecular complexity index is 434. The zero-order valence-corrected chi connectivity index (χ0v) is 12.8. The fourth-order valence-corrected chi connectivity index (χ4v) is 4.52. The molecular formula is C17H23NOS. The highest BCUT2D eigenvalue weighted by molar-refractivity contribution is 8.00. The van der Waals surface area contributed by atoms with Gasteiger partial charge in [0.1, 0.15) is 0 Å². The van der Waals surface area contributed by atoms with Crippen molar-refractivity contribution in [2.45, 2.75) is 37.4 Å². The van der Waals surface area contributed by atoms with Crippen LogP contribution in [0.15, 0.2) is 30.3 Å². The van der Waals surface area contributed by atoms with Crippen molar-refractivity contribution in [1.29, 1.82) is 0 Å². The molecule has 3 rings (SSSR count). The van der Waals surface area contributed by atoms with Gasteiger partial charge in [-0.15, -0.1) is 11.8 Å². The van der Waals surface area contributed by atoms with Gasteiger partial charge in [0, 0.05) is 13.1 Å². The molecule has 0 N–H and O–H groups in total. The van der Waals surface area contributed by atoms with Crippen molar-refractivity contribution in [1.82, 2.24) is 4.90 Å². The molecule has 0 radical (unpaired) electrons. The Kier molecular flexibility index (Phi) is 4.66. The second-order valence-corrected chi connectivity index (χ2v) is 7.27. The summed E-state index contributed by atoms with van der Waals surface area (Å²) in [7, 11) is 0. The van der Waals surface area contributed by atoms with Crippen LogP contribution >= 0.6 is 11.8 Å². The number of likely N-dealkylation sites (tertiary alicyclic amines) is 1. The van der Waals surface area contributed by atoms with Crippen LogP contribution in [0.1, 0.15) is 31.2 Å². The van der Waals surface area contributed by atoms with E-state index in [1.807, 2.05) is 11.8 Å². The summed E-state index contributed by atoms with van der Waals surface area (Å²) in [6, 6.07) is 10.7. The van der Waals surface area contributed by atoms with Crippen LogP contribution < -0.4 is 0 Å². The zero-order chi connectivity index (χ0) is 13.8. The number of nitrogens with zero attached hydrogens (tertiary/aromatic N) is 1. The van der Waals surface area contributed by atoms with E-state index < -0.39 is 0 Å². The Balaban J connectivity index is 1.48. The maximum Gasteiger partial charge on any atom is 0.235 e. The number of piperidine rings is 1. The molecule has 3 heteroatoms. The molecule has 1 amide bonds. The van der Waals surface area contributed by atoms with Crippen LogP contribution in [-0.2, 0) is 11.2 Å². The molecule has 0 aromatic heterocycles. The lowest BCUT2D eigenvalue weighted by Crippen LogP contribution is -2.42. The standard InChI is InChI=1S/C17H23NOS/c19-17(16-7-4-12-20-16)18-10-8-15(9-11-18)13-14-5-2-1-3-6-14/h1-3,5-6,15-16H,4,7-13H2. The lowest BCUT2D eigenvalue weighted by atomic mass is 9.90. The highest BCUT2D eigenvalue weighted by atomic mass is 32.2. The number of thioether (sulfide) groups is 1. The molecule has 2 heterocycles. The van der Waals surface area contributed by atoms with E-state index in [-0.39, 0.29) is 5.25 Å². The number of amides is 1. The summed E-state index contributed by atoms with van der Waals surface area (Å²) in [4.78, 5) is 14.5. The number of rotatable bonds is 3. The molecule has 2 nitrogen and oxygen atoms in total. The highest BCUT2D eigenvalue weighted by Gasteiger charge is 2.30. The Labute approximate surface area is 125 Å². The van der Waals surface area contributed by atoms with Gasteiger partial charge in [0.05, 0.1) is 5.25 Å². The number of hydrogen-bond donors (Lipinski definition) is 0. The smallest absolute Gasteiger partial charge is 0.235 e. The lowest BCUT2D eigenvalue weighted by molar-refractivity contribution is -0.132. The number of hydrogen-bond acceptors (Lipinski definition) is 2. The molecule has 108 valence electrons. The van der Waals surface area contributed by atoms with Crippen molar-refractivity contribution in [2.24, 2.45) is 5.92 Å². The normalized spacial score (nSPS) is 24.0. The second-order valence-electron chi connectivity index (χ2n) is 5.96. The summed E-state index contributed by atoms with van der Waals surface area (Å²) in [5, 5.41) is 0.265. The number of benzene rings is 1. The van der Waals surface area contributed by atoms with Gasteiger partial charge in [0.25, 0.3) is 0 Å². The minimum atomic E-state index is 0.265. The summed E-state index contributed by atoms with van der Waals surface area (Å²) in [5.41, 5.74) is 1.43. The average molecular weight is 289 g/mol. The molecule has 2 saturated heterocycles. The van der Waals surface area contributed by atoms with Gasteiger partial charge in [-0.1, -0.05) is 30.3 Å². The van der Waals surface area contributed by atoms with E-state index in [1.165, 1.54) is 24.2 Å². The highest BCUT2D eigenvalue weighted by Crippen LogP contribution is 2.29. The third-order valence-electron chi connectivity index (χ3n) is 4.50. The van der Waals surface area contributed by atoms with Crippen LogP contribution in [0.3, 0.4) is 0 Å². The van der Waals surface area contributed by atoms with Crippen LogP contribution in [0.25, 0.3) is 0 Å². The van der Waals surface area contributed by atoms with Crippen molar-refractivity contribution < 1.29 is 4.79 Å². The molecule has 2 aliphatic rings. The molecule has 0 bridgehead atoms. The van der Waals surface area contributed by atoms with Gasteiger partial charge in [-0.25, -0.2) is 0 Å². The molecule has 0 spiro atoms. The summed E-state index contributed by atoms with van der Waals surface area (Å²) >= 11 is 1.86. The van der Waals surface area contributed by atoms with E-state index in [9.17, 15) is 4.79 Å². The summed E-state index contributed by atoms with van der Waals surface area (Å²) in [6.45, 7) is 1.93. The topological polar surface area (TPSA) is 20.3 Å². The van der Waals surface area contributed by atoms with Gasteiger partial charge in [-0.2, -0.15) is 0 Å². The predicted octanol–water partition coefficient (Wildman–Crippen LogP) is 3.36.